The van der Waals surface area contributed by atoms with Gasteiger partial charge in [-0.2, -0.15) is 0 Å². The van der Waals surface area contributed by atoms with E-state index < -0.39 is 0 Å². The van der Waals surface area contributed by atoms with E-state index in [0.29, 0.717) is 19.1 Å². The predicted molar refractivity (Wildman–Crippen MR) is 61.1 cm³/mol. The molecule has 4 nitrogen and oxygen atoms in total. The maximum atomic E-state index is 5.76. The minimum absolute atomic E-state index is 0.600. The van der Waals surface area contributed by atoms with Crippen molar-refractivity contribution in [1.82, 2.24) is 0 Å². The third kappa shape index (κ3) is 6.47. The molecule has 1 rings (SSSR count). The molecule has 0 aromatic heterocycles. The number of ether oxygens (including phenoxy) is 2. The fraction of sp³-hybridized carbons (Fsp3) is 0.909. The molecule has 0 atom stereocenters. The number of nitrogens with two attached hydrogens (primary N) is 1. The zero-order chi connectivity index (χ0) is 10.9. The summed E-state index contributed by atoms with van der Waals surface area (Å²) in [5.41, 5.74) is 5.76. The highest BCUT2D eigenvalue weighted by Gasteiger charge is 2.24. The van der Waals surface area contributed by atoms with Crippen molar-refractivity contribution in [1.29, 1.82) is 0 Å². The van der Waals surface area contributed by atoms with E-state index in [9.17, 15) is 0 Å². The summed E-state index contributed by atoms with van der Waals surface area (Å²) in [6.45, 7) is 2.99. The number of methoxy groups -OCH3 is 1. The van der Waals surface area contributed by atoms with Gasteiger partial charge in [0.25, 0.3) is 0 Å². The topological polar surface area (TPSA) is 56.8 Å². The number of hydrogen-bond donors (Lipinski definition) is 1. The second-order valence-corrected chi connectivity index (χ2v) is 3.89. The van der Waals surface area contributed by atoms with Crippen LogP contribution < -0.4 is 5.73 Å². The van der Waals surface area contributed by atoms with Crippen molar-refractivity contribution < 1.29 is 9.47 Å². The third-order valence-corrected chi connectivity index (χ3v) is 2.42. The first-order chi connectivity index (χ1) is 7.34. The molecule has 2 N–H and O–H groups in total. The minimum Gasteiger partial charge on any atom is -0.387 e. The summed E-state index contributed by atoms with van der Waals surface area (Å²) in [5.74, 6) is 1.46. The first-order valence-corrected chi connectivity index (χ1v) is 5.71. The average Bonchev–Trinajstić information content (AvgIpc) is 3.05. The van der Waals surface area contributed by atoms with Crippen LogP contribution in [0.3, 0.4) is 0 Å². The largest absolute Gasteiger partial charge is 0.387 e. The van der Waals surface area contributed by atoms with Gasteiger partial charge >= 0.3 is 0 Å². The Balaban J connectivity index is 1.82. The predicted octanol–water partition coefficient (Wildman–Crippen LogP) is 1.20. The van der Waals surface area contributed by atoms with Crippen LogP contribution in [0.25, 0.3) is 0 Å². The van der Waals surface area contributed by atoms with Gasteiger partial charge in [0.1, 0.15) is 0 Å². The van der Waals surface area contributed by atoms with Gasteiger partial charge in [0.15, 0.2) is 0 Å². The van der Waals surface area contributed by atoms with Crippen molar-refractivity contribution in [2.75, 3.05) is 33.5 Å². The highest BCUT2D eigenvalue weighted by molar-refractivity contribution is 5.84. The van der Waals surface area contributed by atoms with Crippen LogP contribution in [0.5, 0.6) is 0 Å². The third-order valence-electron chi connectivity index (χ3n) is 2.42. The Morgan fingerprint density at radius 2 is 2.07 bits per heavy atom. The molecule has 4 heteroatoms. The van der Waals surface area contributed by atoms with Crippen LogP contribution in [0.15, 0.2) is 4.99 Å². The zero-order valence-corrected chi connectivity index (χ0v) is 9.58. The van der Waals surface area contributed by atoms with Crippen LogP contribution in [0.4, 0.5) is 0 Å². The standard InChI is InChI=1S/C11H22N2O2/c1-14-8-9-15-7-3-2-6-13-11(12)10-4-5-10/h10H,2-9H2,1H3,(H2,12,13). The van der Waals surface area contributed by atoms with Crippen molar-refractivity contribution in [2.24, 2.45) is 16.6 Å². The number of rotatable bonds is 9. The van der Waals surface area contributed by atoms with Gasteiger partial charge in [-0.15, -0.1) is 0 Å². The lowest BCUT2D eigenvalue weighted by molar-refractivity contribution is 0.0690. The van der Waals surface area contributed by atoms with Crippen LogP contribution >= 0.6 is 0 Å². The molecule has 1 aliphatic carbocycles. The first kappa shape index (κ1) is 12.5. The fourth-order valence-corrected chi connectivity index (χ4v) is 1.28. The van der Waals surface area contributed by atoms with E-state index in [1.165, 1.54) is 12.8 Å². The Morgan fingerprint density at radius 3 is 2.73 bits per heavy atom. The number of aliphatic imine (C=N–C) groups is 1. The summed E-state index contributed by atoms with van der Waals surface area (Å²) < 4.78 is 10.2. The number of amidine groups is 1. The second kappa shape index (κ2) is 7.65. The van der Waals surface area contributed by atoms with E-state index in [1.54, 1.807) is 7.11 Å². The molecule has 0 aliphatic heterocycles. The average molecular weight is 214 g/mol. The van der Waals surface area contributed by atoms with Gasteiger partial charge in [0.2, 0.25) is 0 Å². The molecule has 1 fully saturated rings. The highest BCUT2D eigenvalue weighted by atomic mass is 16.5. The van der Waals surface area contributed by atoms with Crippen molar-refractivity contribution in [3.8, 4) is 0 Å². The monoisotopic (exact) mass is 214 g/mol. The first-order valence-electron chi connectivity index (χ1n) is 5.71. The maximum Gasteiger partial charge on any atom is 0.0968 e. The van der Waals surface area contributed by atoms with Gasteiger partial charge in [0.05, 0.1) is 19.0 Å². The van der Waals surface area contributed by atoms with Crippen LogP contribution in [0.2, 0.25) is 0 Å². The van der Waals surface area contributed by atoms with E-state index >= 15 is 0 Å². The smallest absolute Gasteiger partial charge is 0.0968 e. The van der Waals surface area contributed by atoms with E-state index in [2.05, 4.69) is 4.99 Å². The van der Waals surface area contributed by atoms with Gasteiger partial charge in [0, 0.05) is 26.2 Å². The van der Waals surface area contributed by atoms with E-state index in [0.717, 1.165) is 31.8 Å². The zero-order valence-electron chi connectivity index (χ0n) is 9.58. The molecule has 0 heterocycles. The molecule has 15 heavy (non-hydrogen) atoms. The maximum absolute atomic E-state index is 5.76. The van der Waals surface area contributed by atoms with E-state index in [4.69, 9.17) is 15.2 Å². The summed E-state index contributed by atoms with van der Waals surface area (Å²) >= 11 is 0. The quantitative estimate of drug-likeness (QED) is 0.356. The lowest BCUT2D eigenvalue weighted by Gasteiger charge is -2.02. The summed E-state index contributed by atoms with van der Waals surface area (Å²) in [4.78, 5) is 4.33. The Kier molecular flexibility index (Phi) is 6.36. The van der Waals surface area contributed by atoms with Crippen molar-refractivity contribution >= 4 is 5.84 Å². The van der Waals surface area contributed by atoms with Crippen LogP contribution in [0.1, 0.15) is 25.7 Å². The van der Waals surface area contributed by atoms with Crippen molar-refractivity contribution in [3.63, 3.8) is 0 Å². The Bertz CT molecular complexity index is 191. The summed E-state index contributed by atoms with van der Waals surface area (Å²) in [7, 11) is 1.68. The summed E-state index contributed by atoms with van der Waals surface area (Å²) in [5, 5.41) is 0. The molecule has 0 aromatic rings. The van der Waals surface area contributed by atoms with Crippen LogP contribution in [-0.4, -0.2) is 39.3 Å². The Morgan fingerprint density at radius 1 is 1.27 bits per heavy atom. The lowest BCUT2D eigenvalue weighted by Crippen LogP contribution is -2.14. The number of hydrogen-bond acceptors (Lipinski definition) is 3. The molecule has 0 aromatic carbocycles. The van der Waals surface area contributed by atoms with Crippen molar-refractivity contribution in [3.05, 3.63) is 0 Å². The summed E-state index contributed by atoms with van der Waals surface area (Å²) in [6, 6.07) is 0. The SMILES string of the molecule is COCCOCCCCN=C(N)C1CC1. The Labute approximate surface area is 91.8 Å². The summed E-state index contributed by atoms with van der Waals surface area (Å²) in [6.07, 6.45) is 4.57. The Hall–Kier alpha value is -0.610. The molecular formula is C11H22N2O2. The molecule has 1 aliphatic rings. The van der Waals surface area contributed by atoms with Gasteiger partial charge in [-0.05, 0) is 25.7 Å². The molecule has 0 spiro atoms. The minimum atomic E-state index is 0.600. The molecule has 0 amide bonds. The van der Waals surface area contributed by atoms with Gasteiger partial charge in [-0.1, -0.05) is 0 Å². The highest BCUT2D eigenvalue weighted by Crippen LogP contribution is 2.28. The molecule has 0 radical (unpaired) electrons. The molecule has 0 saturated heterocycles. The van der Waals surface area contributed by atoms with Crippen molar-refractivity contribution in [2.45, 2.75) is 25.7 Å². The van der Waals surface area contributed by atoms with Crippen LogP contribution in [0, 0.1) is 5.92 Å². The van der Waals surface area contributed by atoms with E-state index in [1.807, 2.05) is 0 Å². The van der Waals surface area contributed by atoms with E-state index in [-0.39, 0.29) is 0 Å². The van der Waals surface area contributed by atoms with Gasteiger partial charge in [-0.25, -0.2) is 0 Å². The molecular weight excluding hydrogens is 192 g/mol. The van der Waals surface area contributed by atoms with Gasteiger partial charge < -0.3 is 15.2 Å². The number of unbranched alkanes of at least 4 members (excludes halogenated alkanes) is 1. The molecule has 88 valence electrons. The second-order valence-electron chi connectivity index (χ2n) is 3.89. The number of nitrogens with zero attached hydrogens (tertiary/aromatic N) is 1. The van der Waals surface area contributed by atoms with Crippen LogP contribution in [-0.2, 0) is 9.47 Å². The normalized spacial score (nSPS) is 17.0. The van der Waals surface area contributed by atoms with Gasteiger partial charge in [-0.3, -0.25) is 4.99 Å². The lowest BCUT2D eigenvalue weighted by atomic mass is 10.3. The molecule has 0 bridgehead atoms. The molecule has 1 saturated carbocycles. The molecule has 0 unspecified atom stereocenters. The fourth-order valence-electron chi connectivity index (χ4n) is 1.28.